The van der Waals surface area contributed by atoms with Crippen molar-refractivity contribution in [1.29, 1.82) is 0 Å². The van der Waals surface area contributed by atoms with Gasteiger partial charge in [0.2, 0.25) is 0 Å². The summed E-state index contributed by atoms with van der Waals surface area (Å²) in [6, 6.07) is 0. The first-order chi connectivity index (χ1) is 10.2. The molecule has 0 aliphatic carbocycles. The fourth-order valence-electron chi connectivity index (χ4n) is 3.05. The maximum atomic E-state index is 5.57. The molecule has 21 heavy (non-hydrogen) atoms. The molecule has 1 aromatic heterocycles. The van der Waals surface area contributed by atoms with Crippen molar-refractivity contribution in [3.8, 4) is 12.3 Å². The second kappa shape index (κ2) is 9.66. The first-order valence-electron chi connectivity index (χ1n) is 8.59. The lowest BCUT2D eigenvalue weighted by Crippen LogP contribution is -2.22. The van der Waals surface area contributed by atoms with Gasteiger partial charge in [-0.05, 0) is 24.2 Å². The van der Waals surface area contributed by atoms with Gasteiger partial charge in [0.15, 0.2) is 5.69 Å². The zero-order valence-corrected chi connectivity index (χ0v) is 14.1. The van der Waals surface area contributed by atoms with Crippen LogP contribution in [0.25, 0.3) is 0 Å². The highest BCUT2D eigenvalue weighted by Crippen LogP contribution is 2.37. The van der Waals surface area contributed by atoms with Crippen LogP contribution in [0.15, 0.2) is 10.8 Å². The van der Waals surface area contributed by atoms with Gasteiger partial charge in [-0.15, -0.1) is 6.42 Å². The summed E-state index contributed by atoms with van der Waals surface area (Å²) in [5.41, 5.74) is 1.95. The van der Waals surface area contributed by atoms with E-state index in [2.05, 4.69) is 31.8 Å². The number of hydrogen-bond donors (Lipinski definition) is 0. The number of terminal acetylenes is 1. The molecule has 0 unspecified atom stereocenters. The molecule has 0 aliphatic heterocycles. The predicted octanol–water partition coefficient (Wildman–Crippen LogP) is 5.85. The van der Waals surface area contributed by atoms with Crippen molar-refractivity contribution in [3.63, 3.8) is 0 Å². The Balaban J connectivity index is 2.71. The number of nitrogens with zero attached hydrogens (tertiary/aromatic N) is 1. The van der Waals surface area contributed by atoms with Crippen molar-refractivity contribution in [2.75, 3.05) is 0 Å². The van der Waals surface area contributed by atoms with Gasteiger partial charge in [-0.2, -0.15) is 0 Å². The second-order valence-electron chi connectivity index (χ2n) is 6.40. The van der Waals surface area contributed by atoms with Crippen LogP contribution in [0.1, 0.15) is 96.2 Å². The standard InChI is InChI=1S/C19H31NO/c1-5-8-10-12-14-19(4,15-13-11-9-6-2)17-16-21-20-18(17)7-3/h3,16H,5-6,8-15H2,1-2,4H3. The fraction of sp³-hybridized carbons (Fsp3) is 0.737. The van der Waals surface area contributed by atoms with Crippen molar-refractivity contribution >= 4 is 0 Å². The van der Waals surface area contributed by atoms with Gasteiger partial charge in [0, 0.05) is 5.56 Å². The summed E-state index contributed by atoms with van der Waals surface area (Å²) in [5.74, 6) is 2.68. The summed E-state index contributed by atoms with van der Waals surface area (Å²) in [4.78, 5) is 0. The third-order valence-corrected chi connectivity index (χ3v) is 4.52. The molecular weight excluding hydrogens is 258 g/mol. The molecule has 0 N–H and O–H groups in total. The lowest BCUT2D eigenvalue weighted by Gasteiger charge is -2.29. The summed E-state index contributed by atoms with van der Waals surface area (Å²) < 4.78 is 5.15. The molecule has 1 aromatic rings. The smallest absolute Gasteiger partial charge is 0.159 e. The molecule has 0 bridgehead atoms. The lowest BCUT2D eigenvalue weighted by molar-refractivity contribution is 0.358. The van der Waals surface area contributed by atoms with Gasteiger partial charge in [-0.1, -0.05) is 77.3 Å². The highest BCUT2D eigenvalue weighted by Gasteiger charge is 2.30. The first kappa shape index (κ1) is 17.8. The average molecular weight is 289 g/mol. The molecule has 0 spiro atoms. The van der Waals surface area contributed by atoms with Crippen LogP contribution < -0.4 is 0 Å². The molecule has 0 saturated carbocycles. The monoisotopic (exact) mass is 289 g/mol. The van der Waals surface area contributed by atoms with Gasteiger partial charge in [-0.25, -0.2) is 0 Å². The van der Waals surface area contributed by atoms with Crippen molar-refractivity contribution in [3.05, 3.63) is 17.5 Å². The topological polar surface area (TPSA) is 26.0 Å². The highest BCUT2D eigenvalue weighted by molar-refractivity contribution is 5.36. The zero-order chi connectivity index (χ0) is 15.6. The van der Waals surface area contributed by atoms with Crippen LogP contribution in [0.5, 0.6) is 0 Å². The number of aromatic nitrogens is 1. The van der Waals surface area contributed by atoms with Crippen molar-refractivity contribution in [2.24, 2.45) is 0 Å². The SMILES string of the molecule is C#Cc1nocc1C(C)(CCCCCC)CCCCCC. The summed E-state index contributed by atoms with van der Waals surface area (Å²) in [5, 5.41) is 3.98. The number of unbranched alkanes of at least 4 members (excludes halogenated alkanes) is 6. The van der Waals surface area contributed by atoms with Crippen LogP contribution in [0.4, 0.5) is 0 Å². The lowest BCUT2D eigenvalue weighted by atomic mass is 9.74. The third kappa shape index (κ3) is 5.58. The van der Waals surface area contributed by atoms with Crippen molar-refractivity contribution in [2.45, 2.75) is 90.4 Å². The Morgan fingerprint density at radius 2 is 1.62 bits per heavy atom. The minimum atomic E-state index is 0.114. The summed E-state index contributed by atoms with van der Waals surface area (Å²) in [6.45, 7) is 6.83. The summed E-state index contributed by atoms with van der Waals surface area (Å²) in [6.07, 6.45) is 20.0. The van der Waals surface area contributed by atoms with Crippen LogP contribution in [-0.2, 0) is 5.41 Å². The highest BCUT2D eigenvalue weighted by atomic mass is 16.5. The molecule has 118 valence electrons. The average Bonchev–Trinajstić information content (AvgIpc) is 2.97. The predicted molar refractivity (Wildman–Crippen MR) is 89.3 cm³/mol. The molecule has 0 aromatic carbocycles. The van der Waals surface area contributed by atoms with Crippen LogP contribution in [0.2, 0.25) is 0 Å². The summed E-state index contributed by atoms with van der Waals surface area (Å²) >= 11 is 0. The molecule has 0 radical (unpaired) electrons. The van der Waals surface area contributed by atoms with Gasteiger partial charge in [-0.3, -0.25) is 0 Å². The van der Waals surface area contributed by atoms with E-state index < -0.39 is 0 Å². The van der Waals surface area contributed by atoms with E-state index in [0.717, 1.165) is 5.56 Å². The van der Waals surface area contributed by atoms with E-state index in [1.54, 1.807) is 6.26 Å². The largest absolute Gasteiger partial charge is 0.363 e. The van der Waals surface area contributed by atoms with E-state index in [1.807, 2.05) is 0 Å². The minimum Gasteiger partial charge on any atom is -0.363 e. The molecule has 0 amide bonds. The van der Waals surface area contributed by atoms with E-state index in [1.165, 1.54) is 64.2 Å². The van der Waals surface area contributed by atoms with E-state index in [-0.39, 0.29) is 5.41 Å². The molecular formula is C19H31NO. The maximum Gasteiger partial charge on any atom is 0.159 e. The quantitative estimate of drug-likeness (QED) is 0.377. The number of hydrogen-bond acceptors (Lipinski definition) is 2. The summed E-state index contributed by atoms with van der Waals surface area (Å²) in [7, 11) is 0. The Labute approximate surface area is 130 Å². The normalized spacial score (nSPS) is 11.5. The molecule has 2 heteroatoms. The van der Waals surface area contributed by atoms with Crippen LogP contribution in [0.3, 0.4) is 0 Å². The third-order valence-electron chi connectivity index (χ3n) is 4.52. The number of rotatable bonds is 11. The molecule has 0 fully saturated rings. The van der Waals surface area contributed by atoms with Crippen molar-refractivity contribution in [1.82, 2.24) is 5.16 Å². The molecule has 0 atom stereocenters. The van der Waals surface area contributed by atoms with Gasteiger partial charge >= 0.3 is 0 Å². The van der Waals surface area contributed by atoms with Crippen LogP contribution >= 0.6 is 0 Å². The Bertz CT molecular complexity index is 415. The Morgan fingerprint density at radius 1 is 1.05 bits per heavy atom. The van der Waals surface area contributed by atoms with E-state index in [9.17, 15) is 0 Å². The second-order valence-corrected chi connectivity index (χ2v) is 6.40. The van der Waals surface area contributed by atoms with E-state index in [0.29, 0.717) is 5.69 Å². The van der Waals surface area contributed by atoms with E-state index >= 15 is 0 Å². The van der Waals surface area contributed by atoms with E-state index in [4.69, 9.17) is 10.9 Å². The zero-order valence-electron chi connectivity index (χ0n) is 14.1. The van der Waals surface area contributed by atoms with Gasteiger partial charge < -0.3 is 4.52 Å². The molecule has 1 heterocycles. The van der Waals surface area contributed by atoms with Crippen molar-refractivity contribution < 1.29 is 4.52 Å². The minimum absolute atomic E-state index is 0.114. The Morgan fingerprint density at radius 3 is 2.10 bits per heavy atom. The molecule has 2 nitrogen and oxygen atoms in total. The maximum absolute atomic E-state index is 5.57. The van der Waals surface area contributed by atoms with Gasteiger partial charge in [0.05, 0.1) is 0 Å². The van der Waals surface area contributed by atoms with Crippen LogP contribution in [0, 0.1) is 12.3 Å². The molecule has 1 rings (SSSR count). The molecule has 0 aliphatic rings. The Hall–Kier alpha value is -1.23. The van der Waals surface area contributed by atoms with Crippen LogP contribution in [-0.4, -0.2) is 5.16 Å². The molecule has 0 saturated heterocycles. The van der Waals surface area contributed by atoms with Gasteiger partial charge in [0.1, 0.15) is 6.26 Å². The fourth-order valence-corrected chi connectivity index (χ4v) is 3.05. The first-order valence-corrected chi connectivity index (χ1v) is 8.59. The Kier molecular flexibility index (Phi) is 8.20. The van der Waals surface area contributed by atoms with Gasteiger partial charge in [0.25, 0.3) is 0 Å².